The van der Waals surface area contributed by atoms with Gasteiger partial charge in [0, 0.05) is 35.7 Å². The molecule has 4 rings (SSSR count). The van der Waals surface area contributed by atoms with Gasteiger partial charge in [0.1, 0.15) is 0 Å². The predicted octanol–water partition coefficient (Wildman–Crippen LogP) is 2.63. The maximum absolute atomic E-state index is 12.8. The second kappa shape index (κ2) is 5.30. The highest BCUT2D eigenvalue weighted by atomic mass is 16.2. The Morgan fingerprint density at radius 2 is 2.17 bits per heavy atom. The maximum Gasteiger partial charge on any atom is 0.257 e. The lowest BCUT2D eigenvalue weighted by Gasteiger charge is -2.26. The molecule has 1 aliphatic heterocycles. The van der Waals surface area contributed by atoms with Crippen molar-refractivity contribution in [3.8, 4) is 0 Å². The third-order valence-electron chi connectivity index (χ3n) is 5.25. The van der Waals surface area contributed by atoms with Gasteiger partial charge in [-0.25, -0.2) is 0 Å². The van der Waals surface area contributed by atoms with Crippen LogP contribution in [0.25, 0.3) is 0 Å². The molecule has 3 aliphatic rings. The zero-order valence-electron chi connectivity index (χ0n) is 14.0. The van der Waals surface area contributed by atoms with Crippen LogP contribution in [0.3, 0.4) is 0 Å². The van der Waals surface area contributed by atoms with E-state index in [0.717, 1.165) is 30.7 Å². The number of hydrogen-bond acceptors (Lipinski definition) is 3. The number of allylic oxidation sites excluding steroid dienone is 3. The van der Waals surface area contributed by atoms with Gasteiger partial charge >= 0.3 is 0 Å². The molecule has 2 heterocycles. The van der Waals surface area contributed by atoms with E-state index in [2.05, 4.69) is 10.3 Å². The Bertz CT molecular complexity index is 760. The number of nitrogens with one attached hydrogen (secondary N) is 1. The third-order valence-corrected chi connectivity index (χ3v) is 5.25. The van der Waals surface area contributed by atoms with Crippen molar-refractivity contribution < 1.29 is 9.59 Å². The van der Waals surface area contributed by atoms with Crippen LogP contribution in [0.15, 0.2) is 48.1 Å². The Hall–Kier alpha value is -2.43. The summed E-state index contributed by atoms with van der Waals surface area (Å²) in [7, 11) is 0. The molecule has 1 aromatic heterocycles. The first kappa shape index (κ1) is 15.1. The normalized spacial score (nSPS) is 25.0. The van der Waals surface area contributed by atoms with E-state index >= 15 is 0 Å². The summed E-state index contributed by atoms with van der Waals surface area (Å²) in [5.74, 6) is 0.241. The van der Waals surface area contributed by atoms with Gasteiger partial charge in [0.25, 0.3) is 5.91 Å². The van der Waals surface area contributed by atoms with Gasteiger partial charge in [-0.15, -0.1) is 0 Å². The van der Waals surface area contributed by atoms with Crippen LogP contribution in [0.1, 0.15) is 43.5 Å². The van der Waals surface area contributed by atoms with E-state index in [9.17, 15) is 9.59 Å². The fraction of sp³-hybridized carbons (Fsp3) is 0.421. The molecule has 2 amide bonds. The van der Waals surface area contributed by atoms with Crippen molar-refractivity contribution in [2.75, 3.05) is 0 Å². The zero-order valence-corrected chi connectivity index (χ0v) is 14.0. The predicted molar refractivity (Wildman–Crippen MR) is 89.6 cm³/mol. The molecular weight excluding hydrogens is 302 g/mol. The Kier molecular flexibility index (Phi) is 3.34. The van der Waals surface area contributed by atoms with E-state index in [1.807, 2.05) is 30.9 Å². The zero-order chi connectivity index (χ0) is 16.9. The minimum atomic E-state index is -0.371. The largest absolute Gasteiger partial charge is 0.322 e. The van der Waals surface area contributed by atoms with Crippen LogP contribution >= 0.6 is 0 Å². The Labute approximate surface area is 141 Å². The standard InChI is InChI=1S/C19H21N3O2/c1-19(2)15-8-5-13(21-17(23)12-4-3-9-20-11-12)10-16(15)22(18(19)24)14-6-7-14/h3-5,9-11,14-15H,6-8H2,1-2H3,(H,21,23). The topological polar surface area (TPSA) is 62.3 Å². The number of fused-ring (bicyclic) bond motifs is 1. The highest BCUT2D eigenvalue weighted by molar-refractivity contribution is 5.95. The molecule has 1 N–H and O–H groups in total. The highest BCUT2D eigenvalue weighted by Gasteiger charge is 2.54. The van der Waals surface area contributed by atoms with E-state index < -0.39 is 0 Å². The van der Waals surface area contributed by atoms with Crippen molar-refractivity contribution in [2.45, 2.75) is 39.2 Å². The van der Waals surface area contributed by atoms with Crippen LogP contribution in [0.2, 0.25) is 0 Å². The average Bonchev–Trinajstić information content (AvgIpc) is 3.38. The highest BCUT2D eigenvalue weighted by Crippen LogP contribution is 2.51. The molecular formula is C19H21N3O2. The van der Waals surface area contributed by atoms with E-state index in [1.54, 1.807) is 24.5 Å². The average molecular weight is 323 g/mol. The minimum Gasteiger partial charge on any atom is -0.322 e. The number of carbonyl (C=O) groups excluding carboxylic acids is 2. The van der Waals surface area contributed by atoms with Gasteiger partial charge in [-0.2, -0.15) is 0 Å². The number of carbonyl (C=O) groups is 2. The van der Waals surface area contributed by atoms with Gasteiger partial charge in [-0.05, 0) is 37.5 Å². The first-order valence-electron chi connectivity index (χ1n) is 8.45. The molecule has 5 heteroatoms. The summed E-state index contributed by atoms with van der Waals surface area (Å²) < 4.78 is 0. The van der Waals surface area contributed by atoms with Gasteiger partial charge in [0.15, 0.2) is 0 Å². The van der Waals surface area contributed by atoms with Gasteiger partial charge in [0.05, 0.1) is 11.0 Å². The summed E-state index contributed by atoms with van der Waals surface area (Å²) in [5.41, 5.74) is 1.99. The monoisotopic (exact) mass is 323 g/mol. The van der Waals surface area contributed by atoms with Gasteiger partial charge in [0.2, 0.25) is 5.91 Å². The fourth-order valence-electron chi connectivity index (χ4n) is 3.66. The van der Waals surface area contributed by atoms with E-state index in [4.69, 9.17) is 0 Å². The minimum absolute atomic E-state index is 0.175. The summed E-state index contributed by atoms with van der Waals surface area (Å²) in [6.45, 7) is 4.06. The number of amides is 2. The number of aromatic nitrogens is 1. The van der Waals surface area contributed by atoms with Crippen LogP contribution in [0.5, 0.6) is 0 Å². The number of nitrogens with zero attached hydrogens (tertiary/aromatic N) is 2. The Balaban J connectivity index is 1.59. The van der Waals surface area contributed by atoms with Crippen molar-refractivity contribution in [3.63, 3.8) is 0 Å². The second-order valence-electron chi connectivity index (χ2n) is 7.34. The molecule has 0 radical (unpaired) electrons. The molecule has 0 spiro atoms. The maximum atomic E-state index is 12.8. The van der Waals surface area contributed by atoms with Crippen molar-refractivity contribution in [2.24, 2.45) is 11.3 Å². The third kappa shape index (κ3) is 2.35. The number of rotatable bonds is 3. The Morgan fingerprint density at radius 3 is 2.83 bits per heavy atom. The molecule has 5 nitrogen and oxygen atoms in total. The molecule has 24 heavy (non-hydrogen) atoms. The second-order valence-corrected chi connectivity index (χ2v) is 7.34. The molecule has 0 aromatic carbocycles. The van der Waals surface area contributed by atoms with Gasteiger partial charge in [-0.1, -0.05) is 19.9 Å². The summed E-state index contributed by atoms with van der Waals surface area (Å²) in [6.07, 6.45) is 10.1. The van der Waals surface area contributed by atoms with Crippen LogP contribution in [-0.2, 0) is 4.79 Å². The van der Waals surface area contributed by atoms with E-state index in [-0.39, 0.29) is 23.1 Å². The lowest BCUT2D eigenvalue weighted by Crippen LogP contribution is -2.32. The fourth-order valence-corrected chi connectivity index (χ4v) is 3.66. The number of hydrogen-bond donors (Lipinski definition) is 1. The van der Waals surface area contributed by atoms with Crippen molar-refractivity contribution in [1.29, 1.82) is 0 Å². The molecule has 0 bridgehead atoms. The summed E-state index contributed by atoms with van der Waals surface area (Å²) in [5, 5.41) is 2.94. The first-order chi connectivity index (χ1) is 11.5. The van der Waals surface area contributed by atoms with Crippen LogP contribution in [0, 0.1) is 11.3 Å². The van der Waals surface area contributed by atoms with Crippen LogP contribution < -0.4 is 5.32 Å². The smallest absolute Gasteiger partial charge is 0.257 e. The molecule has 124 valence electrons. The van der Waals surface area contributed by atoms with Crippen molar-refractivity contribution in [3.05, 3.63) is 53.6 Å². The molecule has 1 aromatic rings. The number of likely N-dealkylation sites (tertiary alicyclic amines) is 1. The summed E-state index contributed by atoms with van der Waals surface area (Å²) >= 11 is 0. The quantitative estimate of drug-likeness (QED) is 0.930. The number of pyridine rings is 1. The molecule has 2 aliphatic carbocycles. The first-order valence-corrected chi connectivity index (χ1v) is 8.45. The Morgan fingerprint density at radius 1 is 1.38 bits per heavy atom. The van der Waals surface area contributed by atoms with Crippen LogP contribution in [-0.4, -0.2) is 27.7 Å². The molecule has 1 unspecified atom stereocenters. The van der Waals surface area contributed by atoms with E-state index in [0.29, 0.717) is 11.6 Å². The lowest BCUT2D eigenvalue weighted by molar-refractivity contribution is -0.135. The molecule has 1 saturated carbocycles. The summed E-state index contributed by atoms with van der Waals surface area (Å²) in [4.78, 5) is 31.1. The van der Waals surface area contributed by atoms with Crippen molar-refractivity contribution >= 4 is 11.8 Å². The van der Waals surface area contributed by atoms with Gasteiger partial charge < -0.3 is 10.2 Å². The van der Waals surface area contributed by atoms with Crippen LogP contribution in [0.4, 0.5) is 0 Å². The molecule has 1 saturated heterocycles. The summed E-state index contributed by atoms with van der Waals surface area (Å²) in [6, 6.07) is 3.83. The lowest BCUT2D eigenvalue weighted by atomic mass is 9.76. The molecule has 2 fully saturated rings. The SMILES string of the molecule is CC1(C)C(=O)N(C2CC2)C2=CC(NC(=O)c3cccnc3)=CCC21. The molecule has 1 atom stereocenters. The van der Waals surface area contributed by atoms with E-state index in [1.165, 1.54) is 0 Å². The van der Waals surface area contributed by atoms with Crippen molar-refractivity contribution in [1.82, 2.24) is 15.2 Å². The van der Waals surface area contributed by atoms with Gasteiger partial charge in [-0.3, -0.25) is 14.6 Å².